The van der Waals surface area contributed by atoms with Crippen LogP contribution in [0.15, 0.2) is 66.7 Å². The molecule has 1 aliphatic rings. The first-order valence-corrected chi connectivity index (χ1v) is 11.6. The summed E-state index contributed by atoms with van der Waals surface area (Å²) in [5.74, 6) is -2.26. The second-order valence-corrected chi connectivity index (χ2v) is 9.03. The Bertz CT molecular complexity index is 1320. The van der Waals surface area contributed by atoms with Crippen LogP contribution in [0.25, 0.3) is 0 Å². The zero-order chi connectivity index (χ0) is 25.1. The van der Waals surface area contributed by atoms with Crippen molar-refractivity contribution in [2.75, 3.05) is 18.1 Å². The van der Waals surface area contributed by atoms with Gasteiger partial charge in [0.2, 0.25) is 5.91 Å². The Labute approximate surface area is 208 Å². The van der Waals surface area contributed by atoms with Crippen molar-refractivity contribution in [2.45, 2.75) is 20.3 Å². The number of esters is 1. The van der Waals surface area contributed by atoms with Crippen molar-refractivity contribution in [2.24, 2.45) is 5.92 Å². The monoisotopic (exact) mass is 489 g/mol. The molecule has 0 aromatic heterocycles. The zero-order valence-corrected chi connectivity index (χ0v) is 20.2. The number of carbonyl (C=O) groups is 4. The first kappa shape index (κ1) is 24.4. The van der Waals surface area contributed by atoms with Crippen molar-refractivity contribution >= 4 is 40.7 Å². The summed E-state index contributed by atoms with van der Waals surface area (Å²) in [7, 11) is 0. The van der Waals surface area contributed by atoms with E-state index in [4.69, 9.17) is 16.3 Å². The highest BCUT2D eigenvalue weighted by Crippen LogP contribution is 2.32. The number of Topliss-reactive ketones (excluding diaryl/α,β-unsaturated/α-hetero) is 1. The number of hydrogen-bond donors (Lipinski definition) is 0. The van der Waals surface area contributed by atoms with E-state index in [2.05, 4.69) is 0 Å². The zero-order valence-electron chi connectivity index (χ0n) is 19.4. The topological polar surface area (TPSA) is 80.8 Å². The second-order valence-electron chi connectivity index (χ2n) is 8.59. The first-order chi connectivity index (χ1) is 16.7. The lowest BCUT2D eigenvalue weighted by atomic mass is 10.0. The lowest BCUT2D eigenvalue weighted by Gasteiger charge is -2.20. The normalized spacial score (nSPS) is 15.2. The number of ketones is 2. The quantitative estimate of drug-likeness (QED) is 0.346. The average molecular weight is 490 g/mol. The van der Waals surface area contributed by atoms with Crippen LogP contribution in [0, 0.1) is 19.8 Å². The Morgan fingerprint density at radius 3 is 2.40 bits per heavy atom. The van der Waals surface area contributed by atoms with Crippen LogP contribution in [-0.4, -0.2) is 36.6 Å². The summed E-state index contributed by atoms with van der Waals surface area (Å²) in [5.41, 5.74) is 3.63. The highest BCUT2D eigenvalue weighted by atomic mass is 35.5. The Kier molecular flexibility index (Phi) is 7.12. The maximum Gasteiger partial charge on any atom is 0.311 e. The van der Waals surface area contributed by atoms with Gasteiger partial charge in [0.05, 0.1) is 11.6 Å². The van der Waals surface area contributed by atoms with E-state index in [1.54, 1.807) is 54.6 Å². The van der Waals surface area contributed by atoms with Gasteiger partial charge in [-0.25, -0.2) is 0 Å². The molecule has 0 bridgehead atoms. The molecule has 0 N–H and O–H groups in total. The standard InChI is InChI=1S/C28H24ClNO5/c1-17-8-9-20(12-18(17)2)25(31)16-35-28(34)21-13-26(32)30(15-21)24-11-10-22(29)14-23(24)27(33)19-6-4-3-5-7-19/h3-12,14,21H,13,15-16H2,1-2H3/t21-/m1/s1. The van der Waals surface area contributed by atoms with Crippen LogP contribution >= 0.6 is 11.6 Å². The number of ether oxygens (including phenoxy) is 1. The van der Waals surface area contributed by atoms with Crippen LogP contribution in [0.2, 0.25) is 5.02 Å². The molecule has 3 aromatic carbocycles. The summed E-state index contributed by atoms with van der Waals surface area (Å²) in [6.45, 7) is 3.51. The molecule has 7 heteroatoms. The van der Waals surface area contributed by atoms with Crippen LogP contribution < -0.4 is 4.90 Å². The largest absolute Gasteiger partial charge is 0.457 e. The highest BCUT2D eigenvalue weighted by Gasteiger charge is 2.38. The van der Waals surface area contributed by atoms with Gasteiger partial charge >= 0.3 is 5.97 Å². The predicted octanol–water partition coefficient (Wildman–Crippen LogP) is 4.97. The molecule has 0 aliphatic carbocycles. The highest BCUT2D eigenvalue weighted by molar-refractivity contribution is 6.31. The molecule has 4 rings (SSSR count). The van der Waals surface area contributed by atoms with Gasteiger partial charge in [-0.2, -0.15) is 0 Å². The first-order valence-electron chi connectivity index (χ1n) is 11.2. The van der Waals surface area contributed by atoms with E-state index in [0.717, 1.165) is 11.1 Å². The van der Waals surface area contributed by atoms with Gasteiger partial charge in [-0.05, 0) is 49.2 Å². The number of carbonyl (C=O) groups excluding carboxylic acids is 4. The number of nitrogens with zero attached hydrogens (tertiary/aromatic N) is 1. The molecule has 1 aliphatic heterocycles. The summed E-state index contributed by atoms with van der Waals surface area (Å²) in [6.07, 6.45) is -0.0712. The van der Waals surface area contributed by atoms with E-state index in [1.807, 2.05) is 19.9 Å². The number of rotatable bonds is 7. The van der Waals surface area contributed by atoms with Gasteiger partial charge in [0, 0.05) is 34.7 Å². The predicted molar refractivity (Wildman–Crippen MR) is 133 cm³/mol. The minimum atomic E-state index is -0.745. The fourth-order valence-electron chi connectivity index (χ4n) is 4.02. The molecule has 1 saturated heterocycles. The molecule has 35 heavy (non-hydrogen) atoms. The number of amides is 1. The Morgan fingerprint density at radius 1 is 0.943 bits per heavy atom. The minimum absolute atomic E-state index is 0.0478. The molecule has 1 amide bonds. The fraction of sp³-hybridized carbons (Fsp3) is 0.214. The molecule has 1 heterocycles. The van der Waals surface area contributed by atoms with Gasteiger partial charge in [-0.1, -0.05) is 54.1 Å². The van der Waals surface area contributed by atoms with Gasteiger partial charge in [-0.15, -0.1) is 0 Å². The third-order valence-electron chi connectivity index (χ3n) is 6.16. The van der Waals surface area contributed by atoms with Crippen LogP contribution in [0.3, 0.4) is 0 Å². The second kappa shape index (κ2) is 10.2. The number of hydrogen-bond acceptors (Lipinski definition) is 5. The third-order valence-corrected chi connectivity index (χ3v) is 6.40. The summed E-state index contributed by atoms with van der Waals surface area (Å²) >= 11 is 6.15. The van der Waals surface area contributed by atoms with E-state index in [-0.39, 0.29) is 36.0 Å². The van der Waals surface area contributed by atoms with Crippen LogP contribution in [0.1, 0.15) is 43.8 Å². The van der Waals surface area contributed by atoms with Crippen molar-refractivity contribution in [1.82, 2.24) is 0 Å². The minimum Gasteiger partial charge on any atom is -0.457 e. The number of benzene rings is 3. The van der Waals surface area contributed by atoms with Crippen molar-refractivity contribution in [3.63, 3.8) is 0 Å². The number of aryl methyl sites for hydroxylation is 2. The van der Waals surface area contributed by atoms with Crippen LogP contribution in [0.5, 0.6) is 0 Å². The summed E-state index contributed by atoms with van der Waals surface area (Å²) in [5, 5.41) is 0.362. The van der Waals surface area contributed by atoms with Gasteiger partial charge in [-0.3, -0.25) is 19.2 Å². The lowest BCUT2D eigenvalue weighted by Crippen LogP contribution is -2.28. The molecular formula is C28H24ClNO5. The van der Waals surface area contributed by atoms with Crippen molar-refractivity contribution in [3.05, 3.63) is 99.6 Å². The molecule has 178 valence electrons. The fourth-order valence-corrected chi connectivity index (χ4v) is 4.19. The summed E-state index contributed by atoms with van der Waals surface area (Å²) in [6, 6.07) is 18.7. The Hall–Kier alpha value is -3.77. The molecule has 3 aromatic rings. The molecule has 0 spiro atoms. The maximum absolute atomic E-state index is 13.1. The van der Waals surface area contributed by atoms with E-state index in [0.29, 0.717) is 21.8 Å². The number of anilines is 1. The van der Waals surface area contributed by atoms with Crippen molar-refractivity contribution < 1.29 is 23.9 Å². The molecular weight excluding hydrogens is 466 g/mol. The van der Waals surface area contributed by atoms with E-state index < -0.39 is 18.5 Å². The van der Waals surface area contributed by atoms with Crippen molar-refractivity contribution in [3.8, 4) is 0 Å². The SMILES string of the molecule is Cc1ccc(C(=O)COC(=O)[C@@H]2CC(=O)N(c3ccc(Cl)cc3C(=O)c3ccccc3)C2)cc1C. The molecule has 0 unspecified atom stereocenters. The molecule has 1 fully saturated rings. The Balaban J connectivity index is 1.47. The van der Waals surface area contributed by atoms with E-state index in [9.17, 15) is 19.2 Å². The molecule has 1 atom stereocenters. The van der Waals surface area contributed by atoms with Gasteiger partial charge in [0.1, 0.15) is 0 Å². The summed E-state index contributed by atoms with van der Waals surface area (Å²) < 4.78 is 5.26. The van der Waals surface area contributed by atoms with E-state index >= 15 is 0 Å². The molecule has 6 nitrogen and oxygen atoms in total. The Morgan fingerprint density at radius 2 is 1.69 bits per heavy atom. The lowest BCUT2D eigenvalue weighted by molar-refractivity contribution is -0.147. The van der Waals surface area contributed by atoms with Gasteiger partial charge < -0.3 is 9.64 Å². The third kappa shape index (κ3) is 5.33. The average Bonchev–Trinajstić information content (AvgIpc) is 3.25. The van der Waals surface area contributed by atoms with Gasteiger partial charge in [0.25, 0.3) is 0 Å². The smallest absolute Gasteiger partial charge is 0.311 e. The maximum atomic E-state index is 13.1. The molecule has 0 saturated carbocycles. The van der Waals surface area contributed by atoms with Crippen molar-refractivity contribution in [1.29, 1.82) is 0 Å². The van der Waals surface area contributed by atoms with Gasteiger partial charge in [0.15, 0.2) is 18.2 Å². The summed E-state index contributed by atoms with van der Waals surface area (Å²) in [4.78, 5) is 52.5. The van der Waals surface area contributed by atoms with Crippen LogP contribution in [-0.2, 0) is 14.3 Å². The molecule has 0 radical (unpaired) electrons. The van der Waals surface area contributed by atoms with E-state index in [1.165, 1.54) is 11.0 Å². The van der Waals surface area contributed by atoms with Crippen LogP contribution in [0.4, 0.5) is 5.69 Å². The number of halogens is 1.